The molecule has 0 bridgehead atoms. The standard InChI is InChI=1S/C86H168O17P2/c1-7-9-11-13-15-17-19-21-23-25-27-29-31-36-40-44-50-56-62-68-83(88)96-74-81(102-85(90)70-64-58-51-45-41-37-32-30-28-26-24-22-20-18-16-14-12-10-8-2)76-100-104(92,93)98-72-80(87)73-99-105(94,95)101-77-82(75-97-84(89)69-63-57-53-47-49-55-61-67-79(5)6)103-86(91)71-65-59-52-46-42-38-34-33-35-39-43-48-54-60-66-78(3)4/h78-82,87H,7-77H2,1-6H3,(H,92,93)(H,94,95)/t80-,81-,82-/m1/s1. The van der Waals surface area contributed by atoms with Crippen LogP contribution in [0.15, 0.2) is 0 Å². The molecule has 0 rings (SSSR count). The lowest BCUT2D eigenvalue weighted by atomic mass is 10.0. The molecule has 624 valence electrons. The number of aliphatic hydroxyl groups is 1. The molecule has 105 heavy (non-hydrogen) atoms. The van der Waals surface area contributed by atoms with Gasteiger partial charge in [0.1, 0.15) is 19.3 Å². The van der Waals surface area contributed by atoms with Crippen molar-refractivity contribution >= 4 is 39.5 Å². The lowest BCUT2D eigenvalue weighted by molar-refractivity contribution is -0.161. The molecular formula is C86H168O17P2. The average Bonchev–Trinajstić information content (AvgIpc) is 0.926. The van der Waals surface area contributed by atoms with Crippen LogP contribution in [0.1, 0.15) is 459 Å². The maximum absolute atomic E-state index is 13.1. The molecule has 17 nitrogen and oxygen atoms in total. The number of phosphoric acid groups is 2. The van der Waals surface area contributed by atoms with Gasteiger partial charge in [-0.25, -0.2) is 9.13 Å². The minimum absolute atomic E-state index is 0.107. The molecule has 0 heterocycles. The number of hydrogen-bond acceptors (Lipinski definition) is 15. The Bertz CT molecular complexity index is 2010. The van der Waals surface area contributed by atoms with E-state index in [2.05, 4.69) is 41.5 Å². The van der Waals surface area contributed by atoms with Crippen molar-refractivity contribution in [3.63, 3.8) is 0 Å². The summed E-state index contributed by atoms with van der Waals surface area (Å²) in [5.41, 5.74) is 0. The highest BCUT2D eigenvalue weighted by atomic mass is 31.2. The number of aliphatic hydroxyl groups excluding tert-OH is 1. The molecule has 2 unspecified atom stereocenters. The lowest BCUT2D eigenvalue weighted by Gasteiger charge is -2.21. The number of rotatable bonds is 85. The van der Waals surface area contributed by atoms with Crippen molar-refractivity contribution in [2.75, 3.05) is 39.6 Å². The highest BCUT2D eigenvalue weighted by Crippen LogP contribution is 2.45. The Morgan fingerprint density at radius 1 is 0.257 bits per heavy atom. The van der Waals surface area contributed by atoms with Crippen molar-refractivity contribution in [2.24, 2.45) is 11.8 Å². The van der Waals surface area contributed by atoms with E-state index < -0.39 is 97.5 Å². The summed E-state index contributed by atoms with van der Waals surface area (Å²) in [6.45, 7) is 9.64. The van der Waals surface area contributed by atoms with Gasteiger partial charge in [-0.05, 0) is 37.5 Å². The molecule has 0 aromatic carbocycles. The van der Waals surface area contributed by atoms with Gasteiger partial charge in [0, 0.05) is 25.7 Å². The average molecular weight is 1540 g/mol. The fraction of sp³-hybridized carbons (Fsp3) is 0.953. The first-order chi connectivity index (χ1) is 50.9. The molecule has 0 aliphatic carbocycles. The van der Waals surface area contributed by atoms with E-state index in [-0.39, 0.29) is 25.7 Å². The van der Waals surface area contributed by atoms with Crippen molar-refractivity contribution in [2.45, 2.75) is 477 Å². The zero-order chi connectivity index (χ0) is 77.1. The molecule has 0 spiro atoms. The predicted molar refractivity (Wildman–Crippen MR) is 432 cm³/mol. The fourth-order valence-electron chi connectivity index (χ4n) is 13.4. The Labute approximate surface area is 645 Å². The highest BCUT2D eigenvalue weighted by molar-refractivity contribution is 7.47. The number of esters is 4. The third kappa shape index (κ3) is 79.9. The Morgan fingerprint density at radius 2 is 0.438 bits per heavy atom. The van der Waals surface area contributed by atoms with Crippen LogP contribution in [0.5, 0.6) is 0 Å². The number of ether oxygens (including phenoxy) is 4. The monoisotopic (exact) mass is 1540 g/mol. The third-order valence-electron chi connectivity index (χ3n) is 20.2. The summed E-state index contributed by atoms with van der Waals surface area (Å²) in [6.07, 6.45) is 69.6. The summed E-state index contributed by atoms with van der Waals surface area (Å²) in [4.78, 5) is 73.2. The second-order valence-electron chi connectivity index (χ2n) is 31.9. The van der Waals surface area contributed by atoms with Crippen molar-refractivity contribution in [1.29, 1.82) is 0 Å². The molecule has 0 aromatic heterocycles. The molecule has 0 radical (unpaired) electrons. The fourth-order valence-corrected chi connectivity index (χ4v) is 15.0. The molecule has 5 atom stereocenters. The highest BCUT2D eigenvalue weighted by Gasteiger charge is 2.30. The first kappa shape index (κ1) is 103. The van der Waals surface area contributed by atoms with Gasteiger partial charge in [0.25, 0.3) is 0 Å². The van der Waals surface area contributed by atoms with Gasteiger partial charge in [0.15, 0.2) is 12.2 Å². The first-order valence-electron chi connectivity index (χ1n) is 44.5. The Kier molecular flexibility index (Phi) is 76.0. The molecular weight excluding hydrogens is 1370 g/mol. The smallest absolute Gasteiger partial charge is 0.462 e. The van der Waals surface area contributed by atoms with E-state index in [0.29, 0.717) is 31.6 Å². The van der Waals surface area contributed by atoms with Gasteiger partial charge in [0.2, 0.25) is 0 Å². The molecule has 0 saturated carbocycles. The van der Waals surface area contributed by atoms with Crippen LogP contribution in [0.3, 0.4) is 0 Å². The van der Waals surface area contributed by atoms with Crippen LogP contribution in [0.4, 0.5) is 0 Å². The van der Waals surface area contributed by atoms with Gasteiger partial charge >= 0.3 is 39.5 Å². The number of carbonyl (C=O) groups excluding carboxylic acids is 4. The largest absolute Gasteiger partial charge is 0.472 e. The summed E-state index contributed by atoms with van der Waals surface area (Å²) < 4.78 is 68.9. The van der Waals surface area contributed by atoms with Crippen molar-refractivity contribution in [3.05, 3.63) is 0 Å². The SMILES string of the molecule is CCCCCCCCCCCCCCCCCCCCCC(=O)OC[C@H](COP(=O)(O)OC[C@@H](O)COP(=O)(O)OC[C@@H](COC(=O)CCCCCCCCCC(C)C)OC(=O)CCCCCCCCCCCCCCCCC(C)C)OC(=O)CCCCCCCCCCCCCCCCCCCCC. The first-order valence-corrected chi connectivity index (χ1v) is 47.5. The van der Waals surface area contributed by atoms with Crippen LogP contribution in [0.25, 0.3) is 0 Å². The van der Waals surface area contributed by atoms with E-state index in [1.54, 1.807) is 0 Å². The molecule has 0 saturated heterocycles. The van der Waals surface area contributed by atoms with E-state index in [1.165, 1.54) is 270 Å². The Balaban J connectivity index is 5.23. The van der Waals surface area contributed by atoms with Gasteiger partial charge in [-0.2, -0.15) is 0 Å². The normalized spacial score (nSPS) is 13.8. The van der Waals surface area contributed by atoms with Gasteiger partial charge < -0.3 is 33.8 Å². The van der Waals surface area contributed by atoms with Crippen LogP contribution in [0.2, 0.25) is 0 Å². The molecule has 19 heteroatoms. The summed E-state index contributed by atoms with van der Waals surface area (Å²) in [7, 11) is -9.93. The summed E-state index contributed by atoms with van der Waals surface area (Å²) in [5.74, 6) is -0.603. The van der Waals surface area contributed by atoms with Gasteiger partial charge in [-0.3, -0.25) is 37.3 Å². The second-order valence-corrected chi connectivity index (χ2v) is 34.8. The second kappa shape index (κ2) is 77.4. The number of phosphoric ester groups is 2. The number of hydrogen-bond donors (Lipinski definition) is 3. The summed E-state index contributed by atoms with van der Waals surface area (Å²) in [6, 6.07) is 0. The minimum Gasteiger partial charge on any atom is -0.462 e. The lowest BCUT2D eigenvalue weighted by Crippen LogP contribution is -2.30. The maximum atomic E-state index is 13.1. The van der Waals surface area contributed by atoms with Crippen molar-refractivity contribution in [3.8, 4) is 0 Å². The molecule has 0 aromatic rings. The van der Waals surface area contributed by atoms with Crippen molar-refractivity contribution < 1.29 is 80.2 Å². The van der Waals surface area contributed by atoms with E-state index in [9.17, 15) is 43.2 Å². The van der Waals surface area contributed by atoms with Gasteiger partial charge in [0.05, 0.1) is 26.4 Å². The Morgan fingerprint density at radius 3 is 0.648 bits per heavy atom. The third-order valence-corrected chi connectivity index (χ3v) is 22.1. The quantitative estimate of drug-likeness (QED) is 0.0222. The summed E-state index contributed by atoms with van der Waals surface area (Å²) >= 11 is 0. The maximum Gasteiger partial charge on any atom is 0.472 e. The number of carbonyl (C=O) groups is 4. The van der Waals surface area contributed by atoms with E-state index in [4.69, 9.17) is 37.0 Å². The van der Waals surface area contributed by atoms with Crippen LogP contribution in [-0.4, -0.2) is 96.7 Å². The van der Waals surface area contributed by atoms with E-state index >= 15 is 0 Å². The van der Waals surface area contributed by atoms with Gasteiger partial charge in [-0.1, -0.05) is 408 Å². The molecule has 0 aliphatic rings. The van der Waals surface area contributed by atoms with Crippen LogP contribution in [-0.2, 0) is 65.4 Å². The van der Waals surface area contributed by atoms with Crippen molar-refractivity contribution in [1.82, 2.24) is 0 Å². The predicted octanol–water partition coefficient (Wildman–Crippen LogP) is 26.2. The molecule has 0 amide bonds. The van der Waals surface area contributed by atoms with Crippen LogP contribution < -0.4 is 0 Å². The topological polar surface area (TPSA) is 237 Å². The molecule has 3 N–H and O–H groups in total. The van der Waals surface area contributed by atoms with Crippen LogP contribution in [0, 0.1) is 11.8 Å². The van der Waals surface area contributed by atoms with Crippen LogP contribution >= 0.6 is 15.6 Å². The van der Waals surface area contributed by atoms with E-state index in [1.807, 2.05) is 0 Å². The molecule has 0 aliphatic heterocycles. The zero-order valence-corrected chi connectivity index (χ0v) is 70.8. The number of unbranched alkanes of at least 4 members (excludes halogenated alkanes) is 55. The Hall–Kier alpha value is -1.94. The zero-order valence-electron chi connectivity index (χ0n) is 69.0. The van der Waals surface area contributed by atoms with E-state index in [0.717, 1.165) is 102 Å². The minimum atomic E-state index is -4.97. The summed E-state index contributed by atoms with van der Waals surface area (Å²) in [5, 5.41) is 10.7. The molecule has 0 fully saturated rings. The van der Waals surface area contributed by atoms with Gasteiger partial charge in [-0.15, -0.1) is 0 Å².